The third kappa shape index (κ3) is 3.56. The van der Waals surface area contributed by atoms with E-state index in [2.05, 4.69) is 0 Å². The van der Waals surface area contributed by atoms with Crippen LogP contribution >= 0.6 is 0 Å². The molecule has 1 fully saturated rings. The Hall–Kier alpha value is -1.54. The second-order valence-corrected chi connectivity index (χ2v) is 6.98. The molecule has 0 atom stereocenters. The van der Waals surface area contributed by atoms with E-state index in [9.17, 15) is 22.9 Å². The molecule has 116 valence electrons. The van der Waals surface area contributed by atoms with Gasteiger partial charge in [0.05, 0.1) is 9.82 Å². The third-order valence-electron chi connectivity index (χ3n) is 3.57. The minimum Gasteiger partial charge on any atom is -0.258 e. The molecule has 0 amide bonds. The SMILES string of the molecule is O=[N+]([O-])c1cc(S(=O)(=O)N2CCCCCCC2)ccc1F. The van der Waals surface area contributed by atoms with Crippen molar-refractivity contribution < 1.29 is 17.7 Å². The van der Waals surface area contributed by atoms with Gasteiger partial charge in [-0.15, -0.1) is 0 Å². The molecule has 8 heteroatoms. The summed E-state index contributed by atoms with van der Waals surface area (Å²) in [5.74, 6) is -1.04. The molecule has 1 aromatic carbocycles. The van der Waals surface area contributed by atoms with Crippen LogP contribution in [0.1, 0.15) is 32.1 Å². The van der Waals surface area contributed by atoms with Gasteiger partial charge in [0.25, 0.3) is 0 Å². The van der Waals surface area contributed by atoms with Gasteiger partial charge >= 0.3 is 5.69 Å². The predicted molar refractivity (Wildman–Crippen MR) is 74.9 cm³/mol. The first kappa shape index (κ1) is 15.8. The Morgan fingerprint density at radius 2 is 1.67 bits per heavy atom. The van der Waals surface area contributed by atoms with Crippen LogP contribution in [0.5, 0.6) is 0 Å². The summed E-state index contributed by atoms with van der Waals surface area (Å²) in [4.78, 5) is 9.59. The predicted octanol–water partition coefficient (Wildman–Crippen LogP) is 2.69. The molecule has 2 rings (SSSR count). The van der Waals surface area contributed by atoms with E-state index in [1.165, 1.54) is 4.31 Å². The highest BCUT2D eigenvalue weighted by Gasteiger charge is 2.27. The van der Waals surface area contributed by atoms with Crippen LogP contribution in [0.3, 0.4) is 0 Å². The Bertz CT molecular complexity index is 625. The van der Waals surface area contributed by atoms with Gasteiger partial charge < -0.3 is 0 Å². The quantitative estimate of drug-likeness (QED) is 0.634. The third-order valence-corrected chi connectivity index (χ3v) is 5.46. The molecule has 0 unspecified atom stereocenters. The fourth-order valence-electron chi connectivity index (χ4n) is 2.40. The smallest absolute Gasteiger partial charge is 0.258 e. The average Bonchev–Trinajstić information content (AvgIpc) is 2.37. The Morgan fingerprint density at radius 3 is 2.24 bits per heavy atom. The molecule has 0 aliphatic carbocycles. The Balaban J connectivity index is 2.34. The highest BCUT2D eigenvalue weighted by Crippen LogP contribution is 2.25. The van der Waals surface area contributed by atoms with Crippen molar-refractivity contribution in [1.82, 2.24) is 4.31 Å². The van der Waals surface area contributed by atoms with E-state index in [0.717, 1.165) is 50.3 Å². The number of hydrogen-bond acceptors (Lipinski definition) is 4. The van der Waals surface area contributed by atoms with Crippen LogP contribution in [-0.4, -0.2) is 30.7 Å². The molecule has 0 radical (unpaired) electrons. The van der Waals surface area contributed by atoms with Crippen LogP contribution in [0.4, 0.5) is 10.1 Å². The zero-order valence-electron chi connectivity index (χ0n) is 11.5. The van der Waals surface area contributed by atoms with Crippen molar-refractivity contribution in [1.29, 1.82) is 0 Å². The molecule has 0 N–H and O–H groups in total. The maximum atomic E-state index is 13.3. The summed E-state index contributed by atoms with van der Waals surface area (Å²) in [7, 11) is -3.81. The van der Waals surface area contributed by atoms with E-state index in [-0.39, 0.29) is 4.90 Å². The van der Waals surface area contributed by atoms with Crippen LogP contribution in [0, 0.1) is 15.9 Å². The largest absolute Gasteiger partial charge is 0.306 e. The Kier molecular flexibility index (Phi) is 4.89. The van der Waals surface area contributed by atoms with Crippen molar-refractivity contribution in [3.05, 3.63) is 34.1 Å². The number of hydrogen-bond donors (Lipinski definition) is 0. The van der Waals surface area contributed by atoms with E-state index in [1.54, 1.807) is 0 Å². The Labute approximate surface area is 122 Å². The lowest BCUT2D eigenvalue weighted by Gasteiger charge is -2.24. The van der Waals surface area contributed by atoms with Gasteiger partial charge in [-0.2, -0.15) is 8.70 Å². The minimum atomic E-state index is -3.81. The van der Waals surface area contributed by atoms with Crippen LogP contribution in [0.2, 0.25) is 0 Å². The summed E-state index contributed by atoms with van der Waals surface area (Å²) in [6.07, 6.45) is 4.56. The molecular weight excluding hydrogens is 299 g/mol. The lowest BCUT2D eigenvalue weighted by molar-refractivity contribution is -0.387. The summed E-state index contributed by atoms with van der Waals surface area (Å²) >= 11 is 0. The van der Waals surface area contributed by atoms with E-state index in [0.29, 0.717) is 13.1 Å². The second-order valence-electron chi connectivity index (χ2n) is 5.04. The zero-order chi connectivity index (χ0) is 15.5. The molecule has 1 aromatic rings. The van der Waals surface area contributed by atoms with Crippen molar-refractivity contribution in [2.75, 3.05) is 13.1 Å². The molecule has 0 aromatic heterocycles. The number of halogens is 1. The molecule has 21 heavy (non-hydrogen) atoms. The van der Waals surface area contributed by atoms with Crippen molar-refractivity contribution in [3.63, 3.8) is 0 Å². The molecule has 1 aliphatic rings. The Morgan fingerprint density at radius 1 is 1.10 bits per heavy atom. The highest BCUT2D eigenvalue weighted by molar-refractivity contribution is 7.89. The van der Waals surface area contributed by atoms with E-state index in [1.807, 2.05) is 0 Å². The monoisotopic (exact) mass is 316 g/mol. The van der Waals surface area contributed by atoms with Gasteiger partial charge in [0.15, 0.2) is 0 Å². The van der Waals surface area contributed by atoms with Crippen molar-refractivity contribution >= 4 is 15.7 Å². The molecule has 0 saturated carbocycles. The number of nitro benzene ring substituents is 1. The minimum absolute atomic E-state index is 0.226. The number of sulfonamides is 1. The molecular formula is C13H17FN2O4S. The first-order valence-electron chi connectivity index (χ1n) is 6.87. The number of benzene rings is 1. The van der Waals surface area contributed by atoms with Gasteiger partial charge in [0.1, 0.15) is 0 Å². The summed E-state index contributed by atoms with van der Waals surface area (Å²) in [6, 6.07) is 2.70. The van der Waals surface area contributed by atoms with Crippen LogP contribution < -0.4 is 0 Å². The maximum absolute atomic E-state index is 13.3. The first-order chi connectivity index (χ1) is 9.93. The molecule has 1 heterocycles. The summed E-state index contributed by atoms with van der Waals surface area (Å²) in [5, 5.41) is 10.7. The molecule has 0 spiro atoms. The standard InChI is InChI=1S/C13H17FN2O4S/c14-12-7-6-11(10-13(12)16(17)18)21(19,20)15-8-4-2-1-3-5-9-15/h6-7,10H,1-5,8-9H2. The van der Waals surface area contributed by atoms with E-state index in [4.69, 9.17) is 0 Å². The number of nitrogens with zero attached hydrogens (tertiary/aromatic N) is 2. The van der Waals surface area contributed by atoms with Gasteiger partial charge in [-0.25, -0.2) is 8.42 Å². The fraction of sp³-hybridized carbons (Fsp3) is 0.538. The lowest BCUT2D eigenvalue weighted by atomic mass is 10.1. The molecule has 6 nitrogen and oxygen atoms in total. The van der Waals surface area contributed by atoms with Gasteiger partial charge in [-0.05, 0) is 25.0 Å². The summed E-state index contributed by atoms with van der Waals surface area (Å²) < 4.78 is 39.7. The topological polar surface area (TPSA) is 80.5 Å². The van der Waals surface area contributed by atoms with Crippen molar-refractivity contribution in [2.45, 2.75) is 37.0 Å². The summed E-state index contributed by atoms with van der Waals surface area (Å²) in [5.41, 5.74) is -0.817. The number of rotatable bonds is 3. The lowest BCUT2D eigenvalue weighted by Crippen LogP contribution is -2.33. The fourth-order valence-corrected chi connectivity index (χ4v) is 3.94. The van der Waals surface area contributed by atoms with E-state index < -0.39 is 26.5 Å². The van der Waals surface area contributed by atoms with E-state index >= 15 is 0 Å². The number of nitro groups is 1. The second kappa shape index (κ2) is 6.48. The van der Waals surface area contributed by atoms with Crippen LogP contribution in [0.15, 0.2) is 23.1 Å². The maximum Gasteiger partial charge on any atom is 0.306 e. The zero-order valence-corrected chi connectivity index (χ0v) is 12.3. The van der Waals surface area contributed by atoms with Gasteiger partial charge in [-0.1, -0.05) is 19.3 Å². The molecule has 1 aliphatic heterocycles. The molecule has 0 bridgehead atoms. The highest BCUT2D eigenvalue weighted by atomic mass is 32.2. The van der Waals surface area contributed by atoms with Crippen LogP contribution in [0.25, 0.3) is 0 Å². The first-order valence-corrected chi connectivity index (χ1v) is 8.31. The van der Waals surface area contributed by atoms with Gasteiger partial charge in [0.2, 0.25) is 15.8 Å². The average molecular weight is 316 g/mol. The normalized spacial score (nSPS) is 18.0. The molecule has 1 saturated heterocycles. The van der Waals surface area contributed by atoms with Crippen LogP contribution in [-0.2, 0) is 10.0 Å². The summed E-state index contributed by atoms with van der Waals surface area (Å²) in [6.45, 7) is 0.793. The van der Waals surface area contributed by atoms with Gasteiger partial charge in [-0.3, -0.25) is 10.1 Å². The van der Waals surface area contributed by atoms with Crippen molar-refractivity contribution in [3.8, 4) is 0 Å². The van der Waals surface area contributed by atoms with Crippen molar-refractivity contribution in [2.24, 2.45) is 0 Å². The van der Waals surface area contributed by atoms with Gasteiger partial charge in [0, 0.05) is 19.2 Å².